The van der Waals surface area contributed by atoms with Crippen LogP contribution in [0.4, 0.5) is 11.6 Å². The number of anilines is 2. The zero-order valence-electron chi connectivity index (χ0n) is 12.4. The van der Waals surface area contributed by atoms with Crippen molar-refractivity contribution < 1.29 is 5.11 Å². The highest BCUT2D eigenvalue weighted by atomic mass is 16.3. The van der Waals surface area contributed by atoms with E-state index in [2.05, 4.69) is 41.4 Å². The van der Waals surface area contributed by atoms with Gasteiger partial charge in [0.2, 0.25) is 0 Å². The van der Waals surface area contributed by atoms with E-state index in [1.165, 1.54) is 0 Å². The smallest absolute Gasteiger partial charge is 0.133 e. The van der Waals surface area contributed by atoms with Gasteiger partial charge in [-0.15, -0.1) is 0 Å². The molecule has 1 aromatic rings. The molecule has 5 nitrogen and oxygen atoms in total. The number of aryl methyl sites for hydroxylation is 1. The molecule has 108 valence electrons. The fourth-order valence-corrected chi connectivity index (χ4v) is 1.79. The van der Waals surface area contributed by atoms with Crippen LogP contribution in [0.25, 0.3) is 0 Å². The van der Waals surface area contributed by atoms with Crippen molar-refractivity contribution in [3.63, 3.8) is 0 Å². The van der Waals surface area contributed by atoms with Crippen LogP contribution in [-0.2, 0) is 6.42 Å². The van der Waals surface area contributed by atoms with Gasteiger partial charge in [0, 0.05) is 19.0 Å². The lowest BCUT2D eigenvalue weighted by Gasteiger charge is -2.21. The van der Waals surface area contributed by atoms with Gasteiger partial charge in [-0.1, -0.05) is 20.8 Å². The van der Waals surface area contributed by atoms with Crippen LogP contribution in [0.1, 0.15) is 39.9 Å². The molecule has 1 heterocycles. The van der Waals surface area contributed by atoms with E-state index in [-0.39, 0.29) is 12.6 Å². The minimum Gasteiger partial charge on any atom is -0.394 e. The zero-order valence-corrected chi connectivity index (χ0v) is 12.4. The van der Waals surface area contributed by atoms with Crippen LogP contribution in [-0.4, -0.2) is 34.3 Å². The SMILES string of the molecule is CCCc1nc(NCC)cc(NC(CO)C(C)C)n1. The second kappa shape index (κ2) is 7.94. The number of hydrogen-bond donors (Lipinski definition) is 3. The molecule has 0 radical (unpaired) electrons. The number of nitrogens with one attached hydrogen (secondary N) is 2. The van der Waals surface area contributed by atoms with E-state index in [1.54, 1.807) is 0 Å². The minimum atomic E-state index is 0.0128. The molecule has 3 N–H and O–H groups in total. The Kier molecular flexibility index (Phi) is 6.56. The van der Waals surface area contributed by atoms with E-state index in [0.717, 1.165) is 36.8 Å². The van der Waals surface area contributed by atoms with E-state index in [9.17, 15) is 5.11 Å². The number of hydrogen-bond acceptors (Lipinski definition) is 5. The van der Waals surface area contributed by atoms with Crippen molar-refractivity contribution in [2.24, 2.45) is 5.92 Å². The summed E-state index contributed by atoms with van der Waals surface area (Å²) in [6, 6.07) is 1.91. The van der Waals surface area contributed by atoms with Crippen LogP contribution in [0, 0.1) is 5.92 Å². The minimum absolute atomic E-state index is 0.0128. The Hall–Kier alpha value is -1.36. The number of aliphatic hydroxyl groups excluding tert-OH is 1. The molecule has 0 aromatic carbocycles. The molecule has 1 atom stereocenters. The van der Waals surface area contributed by atoms with Crippen molar-refractivity contribution in [3.05, 3.63) is 11.9 Å². The Morgan fingerprint density at radius 1 is 1.21 bits per heavy atom. The van der Waals surface area contributed by atoms with Crippen LogP contribution in [0.2, 0.25) is 0 Å². The molecule has 0 spiro atoms. The lowest BCUT2D eigenvalue weighted by Crippen LogP contribution is -2.30. The van der Waals surface area contributed by atoms with Crippen LogP contribution in [0.3, 0.4) is 0 Å². The molecule has 0 saturated heterocycles. The highest BCUT2D eigenvalue weighted by Crippen LogP contribution is 2.15. The average molecular weight is 266 g/mol. The predicted octanol–water partition coefficient (Wildman–Crippen LogP) is 2.29. The monoisotopic (exact) mass is 266 g/mol. The highest BCUT2D eigenvalue weighted by Gasteiger charge is 2.13. The van der Waals surface area contributed by atoms with Crippen LogP contribution in [0.15, 0.2) is 6.07 Å². The van der Waals surface area contributed by atoms with Gasteiger partial charge in [-0.25, -0.2) is 9.97 Å². The second-order valence-electron chi connectivity index (χ2n) is 5.01. The summed E-state index contributed by atoms with van der Waals surface area (Å²) in [4.78, 5) is 8.97. The molecule has 0 aliphatic carbocycles. The van der Waals surface area contributed by atoms with Gasteiger partial charge < -0.3 is 15.7 Å². The third-order valence-corrected chi connectivity index (χ3v) is 2.94. The topological polar surface area (TPSA) is 70.1 Å². The molecular weight excluding hydrogens is 240 g/mol. The summed E-state index contributed by atoms with van der Waals surface area (Å²) in [5.74, 6) is 2.80. The summed E-state index contributed by atoms with van der Waals surface area (Å²) in [7, 11) is 0. The first-order valence-corrected chi connectivity index (χ1v) is 7.09. The van der Waals surface area contributed by atoms with Crippen molar-refractivity contribution in [2.75, 3.05) is 23.8 Å². The Morgan fingerprint density at radius 3 is 2.42 bits per heavy atom. The van der Waals surface area contributed by atoms with Gasteiger partial charge in [-0.3, -0.25) is 0 Å². The first kappa shape index (κ1) is 15.7. The van der Waals surface area contributed by atoms with Gasteiger partial charge in [-0.2, -0.15) is 0 Å². The van der Waals surface area contributed by atoms with E-state index in [0.29, 0.717) is 5.92 Å². The Bertz CT molecular complexity index is 357. The quantitative estimate of drug-likeness (QED) is 0.673. The van der Waals surface area contributed by atoms with Crippen LogP contribution < -0.4 is 10.6 Å². The van der Waals surface area contributed by atoms with Crippen molar-refractivity contribution in [1.82, 2.24) is 9.97 Å². The van der Waals surface area contributed by atoms with E-state index in [1.807, 2.05) is 13.0 Å². The normalized spacial score (nSPS) is 12.5. The largest absolute Gasteiger partial charge is 0.394 e. The Morgan fingerprint density at radius 2 is 1.89 bits per heavy atom. The average Bonchev–Trinajstić information content (AvgIpc) is 2.36. The molecule has 1 rings (SSSR count). The van der Waals surface area contributed by atoms with E-state index in [4.69, 9.17) is 0 Å². The van der Waals surface area contributed by atoms with Gasteiger partial charge in [-0.05, 0) is 19.3 Å². The standard InChI is InChI=1S/C14H26N4O/c1-5-7-12-17-13(15-6-2)8-14(18-12)16-11(9-19)10(3)4/h8,10-11,19H,5-7,9H2,1-4H3,(H2,15,16,17,18). The molecule has 0 saturated carbocycles. The number of rotatable bonds is 8. The molecule has 0 fully saturated rings. The molecule has 0 aliphatic heterocycles. The summed E-state index contributed by atoms with van der Waals surface area (Å²) in [6.45, 7) is 9.23. The van der Waals surface area contributed by atoms with Crippen molar-refractivity contribution in [1.29, 1.82) is 0 Å². The first-order valence-electron chi connectivity index (χ1n) is 7.09. The van der Waals surface area contributed by atoms with Crippen molar-refractivity contribution >= 4 is 11.6 Å². The maximum Gasteiger partial charge on any atom is 0.133 e. The van der Waals surface area contributed by atoms with Gasteiger partial charge in [0.15, 0.2) is 0 Å². The zero-order chi connectivity index (χ0) is 14.3. The van der Waals surface area contributed by atoms with Crippen LogP contribution in [0.5, 0.6) is 0 Å². The van der Waals surface area contributed by atoms with Crippen molar-refractivity contribution in [3.8, 4) is 0 Å². The van der Waals surface area contributed by atoms with Crippen LogP contribution >= 0.6 is 0 Å². The van der Waals surface area contributed by atoms with E-state index < -0.39 is 0 Å². The predicted molar refractivity (Wildman–Crippen MR) is 79.5 cm³/mol. The second-order valence-corrected chi connectivity index (χ2v) is 5.01. The summed E-state index contributed by atoms with van der Waals surface area (Å²) in [6.07, 6.45) is 1.88. The fraction of sp³-hybridized carbons (Fsp3) is 0.714. The molecule has 5 heteroatoms. The number of aromatic nitrogens is 2. The highest BCUT2D eigenvalue weighted by molar-refractivity contribution is 5.48. The molecular formula is C14H26N4O. The first-order chi connectivity index (χ1) is 9.10. The van der Waals surface area contributed by atoms with Crippen molar-refractivity contribution in [2.45, 2.75) is 46.6 Å². The summed E-state index contributed by atoms with van der Waals surface area (Å²) in [5.41, 5.74) is 0. The number of aliphatic hydroxyl groups is 1. The molecule has 0 aliphatic rings. The summed E-state index contributed by atoms with van der Waals surface area (Å²) in [5, 5.41) is 15.9. The lowest BCUT2D eigenvalue weighted by atomic mass is 10.1. The van der Waals surface area contributed by atoms with Gasteiger partial charge in [0.25, 0.3) is 0 Å². The maximum absolute atomic E-state index is 9.38. The molecule has 19 heavy (non-hydrogen) atoms. The molecule has 1 unspecified atom stereocenters. The molecule has 1 aromatic heterocycles. The molecule has 0 bridgehead atoms. The summed E-state index contributed by atoms with van der Waals surface area (Å²) >= 11 is 0. The third-order valence-electron chi connectivity index (χ3n) is 2.94. The molecule has 0 amide bonds. The van der Waals surface area contributed by atoms with Gasteiger partial charge in [0.1, 0.15) is 17.5 Å². The maximum atomic E-state index is 9.38. The Balaban J connectivity index is 2.91. The van der Waals surface area contributed by atoms with Gasteiger partial charge >= 0.3 is 0 Å². The third kappa shape index (κ3) is 5.03. The lowest BCUT2D eigenvalue weighted by molar-refractivity contribution is 0.249. The van der Waals surface area contributed by atoms with Gasteiger partial charge in [0.05, 0.1) is 12.6 Å². The number of nitrogens with zero attached hydrogens (tertiary/aromatic N) is 2. The Labute approximate surface area is 115 Å². The fourth-order valence-electron chi connectivity index (χ4n) is 1.79. The van der Waals surface area contributed by atoms with E-state index >= 15 is 0 Å². The summed E-state index contributed by atoms with van der Waals surface area (Å²) < 4.78 is 0.